The lowest BCUT2D eigenvalue weighted by molar-refractivity contribution is -0.114. The number of unbranched alkanes of at least 4 members (excludes halogenated alkanes) is 4. The van der Waals surface area contributed by atoms with Gasteiger partial charge in [0.1, 0.15) is 0 Å². The number of carbonyl (C=O) groups is 4. The molecule has 0 atom stereocenters. The van der Waals surface area contributed by atoms with Gasteiger partial charge in [0.25, 0.3) is 23.4 Å². The number of fused-ring (bicyclic) bond motifs is 2. The first-order valence-electron chi connectivity index (χ1n) is 11.7. The molecule has 0 N–H and O–H groups in total. The van der Waals surface area contributed by atoms with E-state index in [9.17, 15) is 19.2 Å². The first kappa shape index (κ1) is 22.9. The fourth-order valence-corrected chi connectivity index (χ4v) is 5.02. The summed E-state index contributed by atoms with van der Waals surface area (Å²) in [6, 6.07) is 7.70. The Morgan fingerprint density at radius 1 is 0.515 bits per heavy atom. The molecule has 0 bridgehead atoms. The molecule has 172 valence electrons. The minimum atomic E-state index is -0.427. The Hall–Kier alpha value is -3.28. The first-order chi connectivity index (χ1) is 15.7. The smallest absolute Gasteiger partial charge is 0.299 e. The standard InChI is InChI=1S/C27H30N2O4/c1-16-10-12-18(3)22-20(16)24(30)26(32)28(22)14-8-6-5-7-9-15-29-23-19(4)13-11-17(2)21(23)25(31)27(29)33/h10-13H,5-9,14-15H2,1-4H3. The van der Waals surface area contributed by atoms with Crippen molar-refractivity contribution in [2.24, 2.45) is 0 Å². The van der Waals surface area contributed by atoms with Crippen LogP contribution in [0, 0.1) is 27.7 Å². The highest BCUT2D eigenvalue weighted by atomic mass is 16.2. The molecule has 2 aromatic carbocycles. The van der Waals surface area contributed by atoms with E-state index >= 15 is 0 Å². The van der Waals surface area contributed by atoms with Crippen LogP contribution in [0.1, 0.15) is 75.1 Å². The molecule has 0 radical (unpaired) electrons. The second-order valence-corrected chi connectivity index (χ2v) is 9.19. The summed E-state index contributed by atoms with van der Waals surface area (Å²) in [6.45, 7) is 8.67. The maximum Gasteiger partial charge on any atom is 0.299 e. The number of hydrogen-bond acceptors (Lipinski definition) is 4. The SMILES string of the molecule is Cc1ccc(C)c2c1C(=O)C(=O)N2CCCCCCCN1C(=O)C(=O)c2c(C)ccc(C)c21. The van der Waals surface area contributed by atoms with Crippen molar-refractivity contribution < 1.29 is 19.2 Å². The number of ketones is 2. The van der Waals surface area contributed by atoms with Crippen LogP contribution in [0.3, 0.4) is 0 Å². The largest absolute Gasteiger partial charge is 0.304 e. The van der Waals surface area contributed by atoms with Gasteiger partial charge < -0.3 is 9.80 Å². The number of benzene rings is 2. The zero-order valence-corrected chi connectivity index (χ0v) is 19.8. The molecule has 2 aliphatic heterocycles. The van der Waals surface area contributed by atoms with Gasteiger partial charge in [-0.15, -0.1) is 0 Å². The number of aryl methyl sites for hydroxylation is 4. The van der Waals surface area contributed by atoms with Gasteiger partial charge in [0.05, 0.1) is 22.5 Å². The number of Topliss-reactive ketones (excluding diaryl/α,β-unsaturated/α-hetero) is 2. The molecule has 2 amide bonds. The van der Waals surface area contributed by atoms with Crippen molar-refractivity contribution in [1.29, 1.82) is 0 Å². The fourth-order valence-electron chi connectivity index (χ4n) is 5.02. The summed E-state index contributed by atoms with van der Waals surface area (Å²) >= 11 is 0. The van der Waals surface area contributed by atoms with Crippen molar-refractivity contribution in [3.63, 3.8) is 0 Å². The van der Waals surface area contributed by atoms with Gasteiger partial charge in [-0.25, -0.2) is 0 Å². The third-order valence-corrected chi connectivity index (χ3v) is 6.81. The fraction of sp³-hybridized carbons (Fsp3) is 0.407. The second-order valence-electron chi connectivity index (χ2n) is 9.19. The lowest BCUT2D eigenvalue weighted by Crippen LogP contribution is -2.31. The van der Waals surface area contributed by atoms with Crippen LogP contribution in [0.2, 0.25) is 0 Å². The van der Waals surface area contributed by atoms with Crippen LogP contribution in [-0.2, 0) is 9.59 Å². The van der Waals surface area contributed by atoms with Crippen LogP contribution in [0.15, 0.2) is 24.3 Å². The normalized spacial score (nSPS) is 15.0. The third-order valence-electron chi connectivity index (χ3n) is 6.81. The van der Waals surface area contributed by atoms with Gasteiger partial charge in [-0.2, -0.15) is 0 Å². The van der Waals surface area contributed by atoms with Crippen LogP contribution in [0.25, 0.3) is 0 Å². The van der Waals surface area contributed by atoms with E-state index in [2.05, 4.69) is 0 Å². The molecule has 2 aromatic rings. The molecule has 2 aliphatic rings. The molecule has 33 heavy (non-hydrogen) atoms. The molecular weight excluding hydrogens is 416 g/mol. The van der Waals surface area contributed by atoms with Gasteiger partial charge in [0, 0.05) is 13.1 Å². The summed E-state index contributed by atoms with van der Waals surface area (Å²) in [4.78, 5) is 53.1. The van der Waals surface area contributed by atoms with Crippen LogP contribution in [-0.4, -0.2) is 36.5 Å². The van der Waals surface area contributed by atoms with E-state index in [0.29, 0.717) is 24.2 Å². The van der Waals surface area contributed by atoms with E-state index in [-0.39, 0.29) is 0 Å². The van der Waals surface area contributed by atoms with Gasteiger partial charge in [-0.1, -0.05) is 43.5 Å². The molecule has 0 saturated carbocycles. The predicted molar refractivity (Wildman–Crippen MR) is 128 cm³/mol. The molecular formula is C27H30N2O4. The highest BCUT2D eigenvalue weighted by Gasteiger charge is 2.38. The van der Waals surface area contributed by atoms with Crippen molar-refractivity contribution in [2.75, 3.05) is 22.9 Å². The average Bonchev–Trinajstić information content (AvgIpc) is 3.20. The summed E-state index contributed by atoms with van der Waals surface area (Å²) in [5.41, 5.74) is 6.23. The summed E-state index contributed by atoms with van der Waals surface area (Å²) in [7, 11) is 0. The number of hydrogen-bond donors (Lipinski definition) is 0. The van der Waals surface area contributed by atoms with Gasteiger partial charge in [0.15, 0.2) is 0 Å². The Bertz CT molecular complexity index is 1090. The highest BCUT2D eigenvalue weighted by molar-refractivity contribution is 6.53. The maximum atomic E-state index is 12.5. The summed E-state index contributed by atoms with van der Waals surface area (Å²) < 4.78 is 0. The van der Waals surface area contributed by atoms with E-state index in [1.165, 1.54) is 0 Å². The average molecular weight is 447 g/mol. The van der Waals surface area contributed by atoms with Crippen LogP contribution >= 0.6 is 0 Å². The Kier molecular flexibility index (Phi) is 6.19. The second kappa shape index (κ2) is 8.93. The maximum absolute atomic E-state index is 12.5. The molecule has 4 rings (SSSR count). The highest BCUT2D eigenvalue weighted by Crippen LogP contribution is 2.36. The molecule has 0 aliphatic carbocycles. The van der Waals surface area contributed by atoms with E-state index < -0.39 is 23.4 Å². The Morgan fingerprint density at radius 2 is 0.848 bits per heavy atom. The van der Waals surface area contributed by atoms with E-state index in [1.807, 2.05) is 52.0 Å². The lowest BCUT2D eigenvalue weighted by atomic mass is 10.0. The number of nitrogens with zero attached hydrogens (tertiary/aromatic N) is 2. The number of anilines is 2. The van der Waals surface area contributed by atoms with Crippen LogP contribution < -0.4 is 9.80 Å². The quantitative estimate of drug-likeness (QED) is 0.438. The summed E-state index contributed by atoms with van der Waals surface area (Å²) in [6.07, 6.45) is 4.45. The monoisotopic (exact) mass is 446 g/mol. The van der Waals surface area contributed by atoms with Gasteiger partial charge >= 0.3 is 0 Å². The molecule has 0 saturated heterocycles. The molecule has 0 spiro atoms. The Labute approximate surface area is 194 Å². The minimum absolute atomic E-state index is 0.401. The van der Waals surface area contributed by atoms with Crippen molar-refractivity contribution in [2.45, 2.75) is 59.8 Å². The molecule has 0 unspecified atom stereocenters. The van der Waals surface area contributed by atoms with E-state index in [4.69, 9.17) is 0 Å². The number of carbonyl (C=O) groups excluding carboxylic acids is 4. The van der Waals surface area contributed by atoms with Crippen LogP contribution in [0.4, 0.5) is 11.4 Å². The molecule has 6 heteroatoms. The molecule has 2 heterocycles. The molecule has 0 aromatic heterocycles. The Morgan fingerprint density at radius 3 is 1.24 bits per heavy atom. The molecule has 6 nitrogen and oxygen atoms in total. The van der Waals surface area contributed by atoms with Gasteiger partial charge in [-0.3, -0.25) is 19.2 Å². The van der Waals surface area contributed by atoms with E-state index in [1.54, 1.807) is 9.80 Å². The van der Waals surface area contributed by atoms with Crippen molar-refractivity contribution in [3.8, 4) is 0 Å². The van der Waals surface area contributed by atoms with Crippen molar-refractivity contribution in [1.82, 2.24) is 0 Å². The lowest BCUT2D eigenvalue weighted by Gasteiger charge is -2.19. The topological polar surface area (TPSA) is 74.8 Å². The number of rotatable bonds is 8. The summed E-state index contributed by atoms with van der Waals surface area (Å²) in [5, 5.41) is 0. The summed E-state index contributed by atoms with van der Waals surface area (Å²) in [5.74, 6) is -1.66. The third kappa shape index (κ3) is 3.88. The minimum Gasteiger partial charge on any atom is -0.304 e. The van der Waals surface area contributed by atoms with E-state index in [0.717, 1.165) is 65.7 Å². The predicted octanol–water partition coefficient (Wildman–Crippen LogP) is 4.63. The van der Waals surface area contributed by atoms with Gasteiger partial charge in [0.2, 0.25) is 0 Å². The Balaban J connectivity index is 1.27. The van der Waals surface area contributed by atoms with Crippen LogP contribution in [0.5, 0.6) is 0 Å². The zero-order valence-electron chi connectivity index (χ0n) is 19.8. The molecule has 0 fully saturated rings. The van der Waals surface area contributed by atoms with Crippen molar-refractivity contribution in [3.05, 3.63) is 57.6 Å². The van der Waals surface area contributed by atoms with Gasteiger partial charge in [-0.05, 0) is 62.8 Å². The zero-order chi connectivity index (χ0) is 23.9. The van der Waals surface area contributed by atoms with Crippen molar-refractivity contribution >= 4 is 34.8 Å². The first-order valence-corrected chi connectivity index (χ1v) is 11.7. The number of amides is 2.